The summed E-state index contributed by atoms with van der Waals surface area (Å²) in [7, 11) is 3.27. The summed E-state index contributed by atoms with van der Waals surface area (Å²) in [5.74, 6) is 0.361. The first-order chi connectivity index (χ1) is 14.3. The smallest absolute Gasteiger partial charge is 0.228 e. The van der Waals surface area contributed by atoms with Crippen LogP contribution < -0.4 is 10.6 Å². The Labute approximate surface area is 174 Å². The van der Waals surface area contributed by atoms with Crippen molar-refractivity contribution in [3.8, 4) is 17.3 Å². The van der Waals surface area contributed by atoms with Crippen LogP contribution in [0.15, 0.2) is 24.7 Å². The van der Waals surface area contributed by atoms with Crippen LogP contribution >= 0.6 is 0 Å². The third-order valence-electron chi connectivity index (χ3n) is 5.03. The number of anilines is 2. The molecule has 0 bridgehead atoms. The maximum Gasteiger partial charge on any atom is 0.228 e. The second-order valence-electron chi connectivity index (χ2n) is 7.42. The Kier molecular flexibility index (Phi) is 6.05. The van der Waals surface area contributed by atoms with Gasteiger partial charge in [-0.1, -0.05) is 0 Å². The maximum absolute atomic E-state index is 11.8. The molecule has 3 rings (SSSR count). The van der Waals surface area contributed by atoms with E-state index in [0.29, 0.717) is 23.4 Å². The Morgan fingerprint density at radius 2 is 2.07 bits per heavy atom. The van der Waals surface area contributed by atoms with Crippen LogP contribution in [0.4, 0.5) is 11.5 Å². The lowest BCUT2D eigenvalue weighted by Gasteiger charge is -2.38. The number of nitrogens with zero attached hydrogens (tertiary/aromatic N) is 5. The minimum absolute atomic E-state index is 0.0596. The van der Waals surface area contributed by atoms with E-state index >= 15 is 0 Å². The molecule has 3 N–H and O–H groups in total. The minimum atomic E-state index is -1.45. The highest BCUT2D eigenvalue weighted by atomic mass is 16.3. The van der Waals surface area contributed by atoms with Crippen LogP contribution in [0.25, 0.3) is 11.3 Å². The molecule has 0 aliphatic heterocycles. The fourth-order valence-corrected chi connectivity index (χ4v) is 2.94. The summed E-state index contributed by atoms with van der Waals surface area (Å²) in [6.07, 6.45) is 5.71. The van der Waals surface area contributed by atoms with Gasteiger partial charge in [0.1, 0.15) is 6.07 Å². The van der Waals surface area contributed by atoms with Gasteiger partial charge in [-0.05, 0) is 39.9 Å². The normalized spacial score (nSPS) is 16.3. The SMILES string of the molecule is C[C@@H](O)[C@@](C=O)(Nc1cc(-c2cnc(NC(=O)C3CC3)cn2)cnc1C#N)N(C)C. The quantitative estimate of drug-likeness (QED) is 0.429. The van der Waals surface area contributed by atoms with E-state index in [-0.39, 0.29) is 23.2 Å². The van der Waals surface area contributed by atoms with E-state index in [9.17, 15) is 20.0 Å². The zero-order chi connectivity index (χ0) is 21.9. The molecule has 10 heteroatoms. The number of hydrogen-bond donors (Lipinski definition) is 3. The Morgan fingerprint density at radius 1 is 1.33 bits per heavy atom. The van der Waals surface area contributed by atoms with Crippen molar-refractivity contribution in [3.05, 3.63) is 30.4 Å². The zero-order valence-corrected chi connectivity index (χ0v) is 17.0. The van der Waals surface area contributed by atoms with E-state index < -0.39 is 11.8 Å². The van der Waals surface area contributed by atoms with Crippen molar-refractivity contribution >= 4 is 23.7 Å². The number of carbonyl (C=O) groups is 2. The molecular weight excluding hydrogens is 386 g/mol. The first-order valence-electron chi connectivity index (χ1n) is 9.44. The molecule has 2 aromatic rings. The van der Waals surface area contributed by atoms with Crippen LogP contribution in [-0.2, 0) is 9.59 Å². The number of amides is 1. The monoisotopic (exact) mass is 409 g/mol. The van der Waals surface area contributed by atoms with Crippen LogP contribution in [0.2, 0.25) is 0 Å². The molecule has 1 fully saturated rings. The van der Waals surface area contributed by atoms with E-state index in [2.05, 4.69) is 25.6 Å². The number of pyridine rings is 1. The largest absolute Gasteiger partial charge is 0.389 e. The van der Waals surface area contributed by atoms with Crippen molar-refractivity contribution in [3.63, 3.8) is 0 Å². The van der Waals surface area contributed by atoms with E-state index in [0.717, 1.165) is 12.8 Å². The van der Waals surface area contributed by atoms with Gasteiger partial charge >= 0.3 is 0 Å². The standard InChI is InChI=1S/C20H23N7O3/c1-12(29)20(11-28,27(2)3)26-15-6-14(8-22-16(15)7-21)17-9-24-18(10-23-17)25-19(30)13-4-5-13/h6,8-13,26,29H,4-5H2,1-3H3,(H,24,25,30)/t12-,20+/m1/s1. The van der Waals surface area contributed by atoms with E-state index in [1.165, 1.54) is 30.4 Å². The van der Waals surface area contributed by atoms with E-state index in [1.54, 1.807) is 20.2 Å². The summed E-state index contributed by atoms with van der Waals surface area (Å²) in [6, 6.07) is 3.59. The number of hydrogen-bond acceptors (Lipinski definition) is 9. The highest BCUT2D eigenvalue weighted by Gasteiger charge is 2.38. The Bertz CT molecular complexity index is 971. The molecule has 30 heavy (non-hydrogen) atoms. The van der Waals surface area contributed by atoms with E-state index in [4.69, 9.17) is 0 Å². The maximum atomic E-state index is 11.8. The van der Waals surface area contributed by atoms with Crippen molar-refractivity contribution in [2.45, 2.75) is 31.5 Å². The minimum Gasteiger partial charge on any atom is -0.389 e. The number of nitriles is 1. The van der Waals surface area contributed by atoms with Gasteiger partial charge in [-0.3, -0.25) is 19.5 Å². The second kappa shape index (κ2) is 8.52. The summed E-state index contributed by atoms with van der Waals surface area (Å²) in [6.45, 7) is 1.48. The summed E-state index contributed by atoms with van der Waals surface area (Å²) < 4.78 is 0. The molecule has 0 saturated heterocycles. The van der Waals surface area contributed by atoms with Gasteiger partial charge < -0.3 is 15.7 Å². The molecule has 2 heterocycles. The highest BCUT2D eigenvalue weighted by Crippen LogP contribution is 2.30. The molecule has 1 aliphatic carbocycles. The number of aldehydes is 1. The van der Waals surface area contributed by atoms with Crippen molar-refractivity contribution < 1.29 is 14.7 Å². The molecular formula is C20H23N7O3. The summed E-state index contributed by atoms with van der Waals surface area (Å²) >= 11 is 0. The van der Waals surface area contributed by atoms with Crippen LogP contribution in [0.5, 0.6) is 0 Å². The fraction of sp³-hybridized carbons (Fsp3) is 0.400. The summed E-state index contributed by atoms with van der Waals surface area (Å²) in [4.78, 5) is 37.8. The van der Waals surface area contributed by atoms with Gasteiger partial charge in [0.2, 0.25) is 5.91 Å². The topological polar surface area (TPSA) is 144 Å². The molecule has 0 aromatic carbocycles. The third-order valence-corrected chi connectivity index (χ3v) is 5.03. The van der Waals surface area contributed by atoms with Crippen molar-refractivity contribution in [1.29, 1.82) is 5.26 Å². The Morgan fingerprint density at radius 3 is 2.57 bits per heavy atom. The lowest BCUT2D eigenvalue weighted by Crippen LogP contribution is -2.60. The number of aromatic nitrogens is 3. The van der Waals surface area contributed by atoms with Crippen LogP contribution in [0.1, 0.15) is 25.5 Å². The van der Waals surface area contributed by atoms with Crippen molar-refractivity contribution in [2.75, 3.05) is 24.7 Å². The number of rotatable bonds is 8. The number of carbonyl (C=O) groups excluding carboxylic acids is 2. The van der Waals surface area contributed by atoms with Crippen molar-refractivity contribution in [1.82, 2.24) is 19.9 Å². The summed E-state index contributed by atoms with van der Waals surface area (Å²) in [5.41, 5.74) is -0.0983. The average molecular weight is 409 g/mol. The molecule has 1 amide bonds. The fourth-order valence-electron chi connectivity index (χ4n) is 2.94. The lowest BCUT2D eigenvalue weighted by molar-refractivity contribution is -0.121. The van der Waals surface area contributed by atoms with E-state index in [1.807, 2.05) is 6.07 Å². The van der Waals surface area contributed by atoms with Gasteiger partial charge in [0.05, 0.1) is 29.9 Å². The number of nitrogens with one attached hydrogen (secondary N) is 2. The molecule has 2 atom stereocenters. The first kappa shape index (κ1) is 21.3. The molecule has 1 saturated carbocycles. The Balaban J connectivity index is 1.89. The average Bonchev–Trinajstić information content (AvgIpc) is 3.57. The first-order valence-corrected chi connectivity index (χ1v) is 9.44. The van der Waals surface area contributed by atoms with Gasteiger partial charge in [0, 0.05) is 17.7 Å². The lowest BCUT2D eigenvalue weighted by atomic mass is 10.0. The predicted octanol–water partition coefficient (Wildman–Crippen LogP) is 1.01. The van der Waals surface area contributed by atoms with Gasteiger partial charge in [-0.25, -0.2) is 9.97 Å². The number of aliphatic hydroxyl groups is 1. The molecule has 0 unspecified atom stereocenters. The second-order valence-corrected chi connectivity index (χ2v) is 7.42. The van der Waals surface area contributed by atoms with Crippen LogP contribution in [0, 0.1) is 17.2 Å². The molecule has 0 spiro atoms. The predicted molar refractivity (Wildman–Crippen MR) is 109 cm³/mol. The Hall–Kier alpha value is -3.42. The van der Waals surface area contributed by atoms with Gasteiger partial charge in [-0.15, -0.1) is 0 Å². The van der Waals surface area contributed by atoms with Gasteiger partial charge in [0.15, 0.2) is 23.5 Å². The molecule has 156 valence electrons. The molecule has 10 nitrogen and oxygen atoms in total. The third kappa shape index (κ3) is 4.27. The van der Waals surface area contributed by atoms with Crippen molar-refractivity contribution in [2.24, 2.45) is 5.92 Å². The van der Waals surface area contributed by atoms with Gasteiger partial charge in [-0.2, -0.15) is 5.26 Å². The molecule has 0 radical (unpaired) electrons. The molecule has 1 aliphatic rings. The van der Waals surface area contributed by atoms with Gasteiger partial charge in [0.25, 0.3) is 0 Å². The zero-order valence-electron chi connectivity index (χ0n) is 17.0. The number of aliphatic hydroxyl groups excluding tert-OH is 1. The van der Waals surface area contributed by atoms with Crippen LogP contribution in [-0.4, -0.2) is 63.0 Å². The number of likely N-dealkylation sites (N-methyl/N-ethyl adjacent to an activating group) is 1. The summed E-state index contributed by atoms with van der Waals surface area (Å²) in [5, 5.41) is 25.3. The van der Waals surface area contributed by atoms with Crippen LogP contribution in [0.3, 0.4) is 0 Å². The highest BCUT2D eigenvalue weighted by molar-refractivity contribution is 5.93. The molecule has 2 aromatic heterocycles.